The first-order chi connectivity index (χ1) is 9.12. The van der Waals surface area contributed by atoms with E-state index in [-0.39, 0.29) is 0 Å². The summed E-state index contributed by atoms with van der Waals surface area (Å²) >= 11 is 0. The second kappa shape index (κ2) is 5.23. The lowest BCUT2D eigenvalue weighted by molar-refractivity contribution is 0.494. The molecule has 1 fully saturated rings. The van der Waals surface area contributed by atoms with Crippen molar-refractivity contribution in [3.8, 4) is 6.07 Å². The van der Waals surface area contributed by atoms with Crippen molar-refractivity contribution in [3.05, 3.63) is 17.7 Å². The van der Waals surface area contributed by atoms with Gasteiger partial charge >= 0.3 is 0 Å². The minimum absolute atomic E-state index is 0.487. The summed E-state index contributed by atoms with van der Waals surface area (Å²) in [5, 5.41) is 9.10. The molecule has 1 heterocycles. The van der Waals surface area contributed by atoms with Crippen molar-refractivity contribution in [2.45, 2.75) is 13.8 Å². The van der Waals surface area contributed by atoms with Gasteiger partial charge in [-0.15, -0.1) is 0 Å². The van der Waals surface area contributed by atoms with E-state index in [1.54, 1.807) is 6.07 Å². The zero-order valence-electron chi connectivity index (χ0n) is 11.4. The van der Waals surface area contributed by atoms with Crippen molar-refractivity contribution in [1.82, 2.24) is 0 Å². The van der Waals surface area contributed by atoms with E-state index >= 15 is 0 Å². The summed E-state index contributed by atoms with van der Waals surface area (Å²) in [4.78, 5) is 10.3. The van der Waals surface area contributed by atoms with Gasteiger partial charge in [0.2, 0.25) is 0 Å². The van der Waals surface area contributed by atoms with E-state index < -0.39 is 0 Å². The number of nitriles is 1. The highest BCUT2D eigenvalue weighted by Crippen LogP contribution is 2.42. The fourth-order valence-electron chi connectivity index (χ4n) is 2.56. The van der Waals surface area contributed by atoms with Crippen LogP contribution in [0, 0.1) is 23.2 Å². The largest absolute Gasteiger partial charge is 0.369 e. The van der Waals surface area contributed by atoms with Crippen LogP contribution in [0.5, 0.6) is 0 Å². The minimum Gasteiger partial charge on any atom is -0.369 e. The maximum Gasteiger partial charge on any atom is 0.112 e. The molecule has 1 aromatic rings. The maximum atomic E-state index is 9.10. The molecule has 0 radical (unpaired) electrons. The number of hydrogen-bond donors (Lipinski definition) is 0. The standard InChI is InChI=1S/C15H18N4/c1-10-8-19(9-11(10)2)13-6-5-12(7-16)14(17-3)15(13)18-4/h5-6,10-11H,3-4,8-9H2,1-2H3. The molecule has 0 aliphatic carbocycles. The number of hydrogen-bond acceptors (Lipinski definition) is 4. The minimum atomic E-state index is 0.487. The number of aliphatic imine (C=N–C) groups is 2. The van der Waals surface area contributed by atoms with E-state index in [1.165, 1.54) is 0 Å². The van der Waals surface area contributed by atoms with Crippen LogP contribution >= 0.6 is 0 Å². The smallest absolute Gasteiger partial charge is 0.112 e. The van der Waals surface area contributed by atoms with Gasteiger partial charge in [0, 0.05) is 13.1 Å². The Morgan fingerprint density at radius 3 is 2.21 bits per heavy atom. The lowest BCUT2D eigenvalue weighted by Gasteiger charge is -2.21. The highest BCUT2D eigenvalue weighted by Gasteiger charge is 2.28. The molecule has 0 aromatic heterocycles. The number of nitrogens with zero attached hydrogens (tertiary/aromatic N) is 4. The molecule has 1 aliphatic rings. The summed E-state index contributed by atoms with van der Waals surface area (Å²) < 4.78 is 0. The molecule has 0 spiro atoms. The van der Waals surface area contributed by atoms with Gasteiger partial charge in [-0.3, -0.25) is 9.98 Å². The topological polar surface area (TPSA) is 51.8 Å². The van der Waals surface area contributed by atoms with Gasteiger partial charge in [0.1, 0.15) is 17.4 Å². The first kappa shape index (κ1) is 13.3. The van der Waals surface area contributed by atoms with E-state index in [4.69, 9.17) is 5.26 Å². The van der Waals surface area contributed by atoms with Crippen molar-refractivity contribution in [2.75, 3.05) is 18.0 Å². The van der Waals surface area contributed by atoms with Gasteiger partial charge in [-0.2, -0.15) is 5.26 Å². The van der Waals surface area contributed by atoms with Gasteiger partial charge in [0.25, 0.3) is 0 Å². The van der Waals surface area contributed by atoms with Crippen LogP contribution < -0.4 is 4.90 Å². The SMILES string of the molecule is C=Nc1c(C#N)ccc(N2CC(C)C(C)C2)c1N=C. The molecule has 1 aliphatic heterocycles. The van der Waals surface area contributed by atoms with Crippen LogP contribution in [0.3, 0.4) is 0 Å². The maximum absolute atomic E-state index is 9.10. The molecule has 4 nitrogen and oxygen atoms in total. The second-order valence-corrected chi connectivity index (χ2v) is 5.12. The van der Waals surface area contributed by atoms with Gasteiger partial charge < -0.3 is 4.90 Å². The lowest BCUT2D eigenvalue weighted by Crippen LogP contribution is -2.19. The zero-order chi connectivity index (χ0) is 14.0. The Bertz CT molecular complexity index is 546. The summed E-state index contributed by atoms with van der Waals surface area (Å²) in [6.07, 6.45) is 0. The molecule has 0 saturated carbocycles. The summed E-state index contributed by atoms with van der Waals surface area (Å²) in [6, 6.07) is 5.83. The van der Waals surface area contributed by atoms with Gasteiger partial charge in [-0.25, -0.2) is 0 Å². The molecule has 2 unspecified atom stereocenters. The van der Waals surface area contributed by atoms with E-state index in [1.807, 2.05) is 6.07 Å². The van der Waals surface area contributed by atoms with Crippen LogP contribution in [-0.4, -0.2) is 26.5 Å². The summed E-state index contributed by atoms with van der Waals surface area (Å²) in [7, 11) is 0. The first-order valence-electron chi connectivity index (χ1n) is 6.37. The summed E-state index contributed by atoms with van der Waals surface area (Å²) in [5.74, 6) is 1.29. The number of benzene rings is 1. The Hall–Kier alpha value is -2.15. The lowest BCUT2D eigenvalue weighted by atomic mass is 10.0. The third kappa shape index (κ3) is 2.24. The van der Waals surface area contributed by atoms with Crippen molar-refractivity contribution < 1.29 is 0 Å². The van der Waals surface area contributed by atoms with Crippen LogP contribution in [0.15, 0.2) is 22.1 Å². The fourth-order valence-corrected chi connectivity index (χ4v) is 2.56. The molecule has 1 aromatic carbocycles. The molecule has 2 rings (SSSR count). The highest BCUT2D eigenvalue weighted by atomic mass is 15.2. The van der Waals surface area contributed by atoms with E-state index in [0.717, 1.165) is 18.8 Å². The Morgan fingerprint density at radius 1 is 1.16 bits per heavy atom. The predicted octanol–water partition coefficient (Wildman–Crippen LogP) is 3.31. The molecular weight excluding hydrogens is 236 g/mol. The monoisotopic (exact) mass is 254 g/mol. The molecule has 0 bridgehead atoms. The average Bonchev–Trinajstić information content (AvgIpc) is 2.76. The summed E-state index contributed by atoms with van der Waals surface area (Å²) in [5.41, 5.74) is 2.67. The highest BCUT2D eigenvalue weighted by molar-refractivity contribution is 5.85. The van der Waals surface area contributed by atoms with Crippen LogP contribution in [0.4, 0.5) is 17.1 Å². The Labute approximate surface area is 114 Å². The average molecular weight is 254 g/mol. The van der Waals surface area contributed by atoms with Crippen LogP contribution in [0.1, 0.15) is 19.4 Å². The number of anilines is 1. The second-order valence-electron chi connectivity index (χ2n) is 5.12. The van der Waals surface area contributed by atoms with Crippen LogP contribution in [0.25, 0.3) is 0 Å². The molecule has 2 atom stereocenters. The molecule has 1 saturated heterocycles. The van der Waals surface area contributed by atoms with Gasteiger partial charge in [-0.1, -0.05) is 13.8 Å². The molecule has 19 heavy (non-hydrogen) atoms. The molecule has 0 amide bonds. The quantitative estimate of drug-likeness (QED) is 0.777. The fraction of sp³-hybridized carbons (Fsp3) is 0.400. The third-order valence-corrected chi connectivity index (χ3v) is 3.90. The van der Waals surface area contributed by atoms with Gasteiger partial charge in [-0.05, 0) is 37.4 Å². The normalized spacial score (nSPS) is 22.1. The first-order valence-corrected chi connectivity index (χ1v) is 6.37. The predicted molar refractivity (Wildman–Crippen MR) is 80.1 cm³/mol. The van der Waals surface area contributed by atoms with Crippen LogP contribution in [0.2, 0.25) is 0 Å². The Balaban J connectivity index is 2.50. The van der Waals surface area contributed by atoms with Crippen molar-refractivity contribution >= 4 is 30.5 Å². The molecule has 98 valence electrons. The van der Waals surface area contributed by atoms with E-state index in [2.05, 4.69) is 48.2 Å². The molecular formula is C15H18N4. The van der Waals surface area contributed by atoms with E-state index in [9.17, 15) is 0 Å². The van der Waals surface area contributed by atoms with Crippen molar-refractivity contribution in [2.24, 2.45) is 21.8 Å². The Kier molecular flexibility index (Phi) is 3.66. The third-order valence-electron chi connectivity index (χ3n) is 3.90. The van der Waals surface area contributed by atoms with E-state index in [0.29, 0.717) is 28.8 Å². The number of rotatable bonds is 3. The van der Waals surface area contributed by atoms with Gasteiger partial charge in [0.05, 0.1) is 11.3 Å². The van der Waals surface area contributed by atoms with Crippen LogP contribution in [-0.2, 0) is 0 Å². The zero-order valence-corrected chi connectivity index (χ0v) is 11.4. The van der Waals surface area contributed by atoms with Crippen molar-refractivity contribution in [3.63, 3.8) is 0 Å². The molecule has 4 heteroatoms. The van der Waals surface area contributed by atoms with Crippen molar-refractivity contribution in [1.29, 1.82) is 5.26 Å². The van der Waals surface area contributed by atoms with Gasteiger partial charge in [0.15, 0.2) is 0 Å². The molecule has 0 N–H and O–H groups in total. The Morgan fingerprint density at radius 2 is 1.74 bits per heavy atom. The summed E-state index contributed by atoms with van der Waals surface area (Å²) in [6.45, 7) is 13.6.